The molecule has 1 aromatic rings. The van der Waals surface area contributed by atoms with Crippen molar-refractivity contribution in [2.75, 3.05) is 12.4 Å². The Kier molecular flexibility index (Phi) is 3.47. The maximum absolute atomic E-state index is 5.56. The Balaban J connectivity index is 1.47. The van der Waals surface area contributed by atoms with E-state index in [0.29, 0.717) is 36.6 Å². The van der Waals surface area contributed by atoms with Crippen LogP contribution in [0.1, 0.15) is 38.0 Å². The van der Waals surface area contributed by atoms with Gasteiger partial charge in [-0.15, -0.1) is 5.10 Å². The quantitative estimate of drug-likeness (QED) is 0.795. The van der Waals surface area contributed by atoms with Gasteiger partial charge in [0.15, 0.2) is 0 Å². The maximum Gasteiger partial charge on any atom is 0.315 e. The molecule has 0 saturated heterocycles. The summed E-state index contributed by atoms with van der Waals surface area (Å²) in [6, 6.07) is 1.58. The predicted octanol–water partition coefficient (Wildman–Crippen LogP) is 1.30. The molecular weight excluding hydrogens is 232 g/mol. The summed E-state index contributed by atoms with van der Waals surface area (Å²) in [6.45, 7) is 0.671. The van der Waals surface area contributed by atoms with Crippen molar-refractivity contribution in [3.8, 4) is 0 Å². The molecule has 3 rings (SSSR count). The van der Waals surface area contributed by atoms with Crippen molar-refractivity contribution >= 4 is 6.01 Å². The van der Waals surface area contributed by atoms with E-state index in [-0.39, 0.29) is 0 Å². The zero-order chi connectivity index (χ0) is 12.4. The highest BCUT2D eigenvalue weighted by molar-refractivity contribution is 5.20. The fraction of sp³-hybridized carbons (Fsp3) is 0.833. The largest absolute Gasteiger partial charge is 0.407 e. The van der Waals surface area contributed by atoms with Gasteiger partial charge in [-0.2, -0.15) is 0 Å². The van der Waals surface area contributed by atoms with Crippen LogP contribution in [0.25, 0.3) is 0 Å². The van der Waals surface area contributed by atoms with Crippen LogP contribution in [0.3, 0.4) is 0 Å². The van der Waals surface area contributed by atoms with Crippen LogP contribution in [-0.2, 0) is 11.3 Å². The summed E-state index contributed by atoms with van der Waals surface area (Å²) in [5.41, 5.74) is 0. The molecule has 2 N–H and O–H groups in total. The van der Waals surface area contributed by atoms with Gasteiger partial charge >= 0.3 is 6.01 Å². The molecule has 0 aromatic carbocycles. The number of ether oxygens (including phenoxy) is 1. The molecule has 0 spiro atoms. The lowest BCUT2D eigenvalue weighted by Crippen LogP contribution is -2.17. The Morgan fingerprint density at radius 1 is 1.22 bits per heavy atom. The molecule has 0 radical (unpaired) electrons. The number of aromatic nitrogens is 2. The summed E-state index contributed by atoms with van der Waals surface area (Å²) in [7, 11) is 1.77. The molecular formula is C12H20N4O2. The number of nitrogens with one attached hydrogen (secondary N) is 2. The lowest BCUT2D eigenvalue weighted by Gasteiger charge is -2.10. The van der Waals surface area contributed by atoms with E-state index in [4.69, 9.17) is 9.15 Å². The Labute approximate surface area is 106 Å². The van der Waals surface area contributed by atoms with Gasteiger partial charge in [0.1, 0.15) is 0 Å². The first-order chi connectivity index (χ1) is 8.83. The van der Waals surface area contributed by atoms with Crippen molar-refractivity contribution in [3.63, 3.8) is 0 Å². The molecule has 0 aliphatic heterocycles. The van der Waals surface area contributed by atoms with Crippen molar-refractivity contribution < 1.29 is 9.15 Å². The Morgan fingerprint density at radius 2 is 2.06 bits per heavy atom. The summed E-state index contributed by atoms with van der Waals surface area (Å²) in [5.74, 6) is 0.658. The van der Waals surface area contributed by atoms with E-state index in [0.717, 1.165) is 19.3 Å². The average molecular weight is 252 g/mol. The first-order valence-corrected chi connectivity index (χ1v) is 6.68. The maximum atomic E-state index is 5.56. The van der Waals surface area contributed by atoms with Crippen molar-refractivity contribution in [1.82, 2.24) is 15.5 Å². The first-order valence-electron chi connectivity index (χ1n) is 6.68. The van der Waals surface area contributed by atoms with Crippen molar-refractivity contribution in [2.45, 2.75) is 56.8 Å². The lowest BCUT2D eigenvalue weighted by atomic mass is 10.2. The molecule has 0 amide bonds. The molecule has 2 aliphatic rings. The third-order valence-electron chi connectivity index (χ3n) is 3.63. The van der Waals surface area contributed by atoms with Crippen LogP contribution >= 0.6 is 0 Å². The normalized spacial score (nSPS) is 27.6. The van der Waals surface area contributed by atoms with Crippen LogP contribution in [0.15, 0.2) is 4.42 Å². The van der Waals surface area contributed by atoms with Crippen molar-refractivity contribution in [2.24, 2.45) is 0 Å². The van der Waals surface area contributed by atoms with Gasteiger partial charge in [-0.3, -0.25) is 0 Å². The summed E-state index contributed by atoms with van der Waals surface area (Å²) >= 11 is 0. The van der Waals surface area contributed by atoms with E-state index < -0.39 is 0 Å². The van der Waals surface area contributed by atoms with Crippen LogP contribution in [0.4, 0.5) is 6.01 Å². The summed E-state index contributed by atoms with van der Waals surface area (Å²) < 4.78 is 10.9. The van der Waals surface area contributed by atoms with Gasteiger partial charge in [-0.25, -0.2) is 0 Å². The number of nitrogens with zero attached hydrogens (tertiary/aromatic N) is 2. The van der Waals surface area contributed by atoms with Gasteiger partial charge in [0.2, 0.25) is 5.89 Å². The first kappa shape index (κ1) is 11.9. The minimum atomic E-state index is 0.362. The van der Waals surface area contributed by atoms with Crippen molar-refractivity contribution in [1.29, 1.82) is 0 Å². The minimum Gasteiger partial charge on any atom is -0.407 e. The highest BCUT2D eigenvalue weighted by Gasteiger charge is 2.26. The van der Waals surface area contributed by atoms with E-state index in [1.807, 2.05) is 0 Å². The van der Waals surface area contributed by atoms with Gasteiger partial charge in [0.25, 0.3) is 0 Å². The fourth-order valence-corrected chi connectivity index (χ4v) is 2.36. The molecule has 100 valence electrons. The molecule has 2 unspecified atom stereocenters. The molecule has 1 aromatic heterocycles. The number of hydrogen-bond donors (Lipinski definition) is 2. The molecule has 6 nitrogen and oxygen atoms in total. The third kappa shape index (κ3) is 3.00. The van der Waals surface area contributed by atoms with E-state index in [9.17, 15) is 0 Å². The fourth-order valence-electron chi connectivity index (χ4n) is 2.36. The van der Waals surface area contributed by atoms with Gasteiger partial charge in [0, 0.05) is 19.2 Å². The number of hydrogen-bond acceptors (Lipinski definition) is 6. The topological polar surface area (TPSA) is 72.2 Å². The monoisotopic (exact) mass is 252 g/mol. The lowest BCUT2D eigenvalue weighted by molar-refractivity contribution is 0.108. The third-order valence-corrected chi connectivity index (χ3v) is 3.63. The average Bonchev–Trinajstić information content (AvgIpc) is 2.93. The van der Waals surface area contributed by atoms with Crippen molar-refractivity contribution in [3.05, 3.63) is 5.89 Å². The highest BCUT2D eigenvalue weighted by atomic mass is 16.5. The molecule has 0 bridgehead atoms. The molecule has 2 atom stereocenters. The van der Waals surface area contributed by atoms with E-state index >= 15 is 0 Å². The van der Waals surface area contributed by atoms with Gasteiger partial charge in [0.05, 0.1) is 12.6 Å². The zero-order valence-electron chi connectivity index (χ0n) is 10.7. The highest BCUT2D eigenvalue weighted by Crippen LogP contribution is 2.24. The molecule has 2 aliphatic carbocycles. The standard InChI is InChI=1S/C12H20N4O2/c1-17-10-5-4-9(6-10)14-12-16-15-11(18-12)7-13-8-2-3-8/h8-10,13H,2-7H2,1H3,(H,14,16). The summed E-state index contributed by atoms with van der Waals surface area (Å²) in [4.78, 5) is 0. The Hall–Kier alpha value is -1.14. The molecule has 2 saturated carbocycles. The molecule has 2 fully saturated rings. The number of methoxy groups -OCH3 is 1. The molecule has 6 heteroatoms. The van der Waals surface area contributed by atoms with E-state index in [2.05, 4.69) is 20.8 Å². The SMILES string of the molecule is COC1CCC(Nc2nnc(CNC3CC3)o2)C1. The zero-order valence-corrected chi connectivity index (χ0v) is 10.7. The van der Waals surface area contributed by atoms with Crippen LogP contribution in [0.5, 0.6) is 0 Å². The summed E-state index contributed by atoms with van der Waals surface area (Å²) in [5, 5.41) is 14.7. The van der Waals surface area contributed by atoms with Gasteiger partial charge in [-0.05, 0) is 32.1 Å². The van der Waals surface area contributed by atoms with E-state index in [1.165, 1.54) is 12.8 Å². The van der Waals surface area contributed by atoms with Gasteiger partial charge in [-0.1, -0.05) is 5.10 Å². The van der Waals surface area contributed by atoms with Crippen LogP contribution in [0.2, 0.25) is 0 Å². The van der Waals surface area contributed by atoms with Crippen LogP contribution < -0.4 is 10.6 Å². The van der Waals surface area contributed by atoms with E-state index in [1.54, 1.807) is 7.11 Å². The molecule has 18 heavy (non-hydrogen) atoms. The predicted molar refractivity (Wildman–Crippen MR) is 66.2 cm³/mol. The second-order valence-electron chi connectivity index (χ2n) is 5.17. The second kappa shape index (κ2) is 5.24. The smallest absolute Gasteiger partial charge is 0.315 e. The van der Waals surface area contributed by atoms with Gasteiger partial charge < -0.3 is 19.8 Å². The summed E-state index contributed by atoms with van der Waals surface area (Å²) in [6.07, 6.45) is 6.09. The number of anilines is 1. The van der Waals surface area contributed by atoms with Crippen LogP contribution in [-0.4, -0.2) is 35.5 Å². The second-order valence-corrected chi connectivity index (χ2v) is 5.17. The van der Waals surface area contributed by atoms with Crippen LogP contribution in [0, 0.1) is 0 Å². The Bertz CT molecular complexity index is 391. The number of rotatable bonds is 6. The Morgan fingerprint density at radius 3 is 2.78 bits per heavy atom. The molecule has 1 heterocycles. The minimum absolute atomic E-state index is 0.362.